The van der Waals surface area contributed by atoms with Gasteiger partial charge in [0.25, 0.3) is 0 Å². The fourth-order valence-corrected chi connectivity index (χ4v) is 2.32. The van der Waals surface area contributed by atoms with E-state index in [1.54, 1.807) is 6.07 Å². The first-order chi connectivity index (χ1) is 5.77. The maximum atomic E-state index is 10.6. The summed E-state index contributed by atoms with van der Waals surface area (Å²) in [7, 11) is 0. The normalized spacial score (nSPS) is 15.0. The van der Waals surface area contributed by atoms with E-state index in [0.29, 0.717) is 4.88 Å². The molecule has 2 heterocycles. The number of nitrogens with one attached hydrogen (secondary N) is 1. The van der Waals surface area contributed by atoms with Crippen molar-refractivity contribution in [1.29, 1.82) is 0 Å². The van der Waals surface area contributed by atoms with Crippen molar-refractivity contribution in [3.8, 4) is 0 Å². The summed E-state index contributed by atoms with van der Waals surface area (Å²) in [4.78, 5) is 11.0. The van der Waals surface area contributed by atoms with Gasteiger partial charge in [-0.3, -0.25) is 0 Å². The molecular weight excluding hydrogens is 174 g/mol. The topological polar surface area (TPSA) is 49.3 Å². The van der Waals surface area contributed by atoms with E-state index in [1.807, 2.05) is 0 Å². The van der Waals surface area contributed by atoms with Crippen LogP contribution in [-0.4, -0.2) is 17.6 Å². The van der Waals surface area contributed by atoms with Gasteiger partial charge in [0.2, 0.25) is 0 Å². The van der Waals surface area contributed by atoms with Crippen molar-refractivity contribution in [2.45, 2.75) is 12.8 Å². The van der Waals surface area contributed by atoms with Crippen LogP contribution in [0.15, 0.2) is 6.07 Å². The summed E-state index contributed by atoms with van der Waals surface area (Å²) < 4.78 is 0. The Labute approximate surface area is 74.0 Å². The largest absolute Gasteiger partial charge is 0.477 e. The second-order valence-corrected chi connectivity index (χ2v) is 3.85. The van der Waals surface area contributed by atoms with Crippen molar-refractivity contribution in [3.63, 3.8) is 0 Å². The summed E-state index contributed by atoms with van der Waals surface area (Å²) in [6, 6.07) is 1.77. The SMILES string of the molecule is O=C(O)c1cc2c(s1)NCCC2. The van der Waals surface area contributed by atoms with Gasteiger partial charge >= 0.3 is 5.97 Å². The lowest BCUT2D eigenvalue weighted by Gasteiger charge is -2.11. The zero-order valence-corrected chi connectivity index (χ0v) is 7.28. The molecule has 0 saturated carbocycles. The first-order valence-electron chi connectivity index (χ1n) is 3.87. The molecule has 0 radical (unpaired) electrons. The molecule has 3 nitrogen and oxygen atoms in total. The Morgan fingerprint density at radius 2 is 2.50 bits per heavy atom. The number of aromatic carboxylic acids is 1. The highest BCUT2D eigenvalue weighted by Gasteiger charge is 2.15. The molecule has 1 aliphatic heterocycles. The Hall–Kier alpha value is -1.03. The lowest BCUT2D eigenvalue weighted by atomic mass is 10.1. The Morgan fingerprint density at radius 3 is 3.17 bits per heavy atom. The quantitative estimate of drug-likeness (QED) is 0.698. The minimum absolute atomic E-state index is 0.439. The molecule has 12 heavy (non-hydrogen) atoms. The molecule has 2 N–H and O–H groups in total. The first-order valence-corrected chi connectivity index (χ1v) is 4.69. The number of fused-ring (bicyclic) bond motifs is 1. The van der Waals surface area contributed by atoms with E-state index in [4.69, 9.17) is 5.11 Å². The van der Waals surface area contributed by atoms with Crippen molar-refractivity contribution in [3.05, 3.63) is 16.5 Å². The molecule has 0 aliphatic carbocycles. The summed E-state index contributed by atoms with van der Waals surface area (Å²) in [6.45, 7) is 0.965. The molecule has 64 valence electrons. The Kier molecular flexibility index (Phi) is 1.77. The van der Waals surface area contributed by atoms with Crippen molar-refractivity contribution >= 4 is 22.3 Å². The van der Waals surface area contributed by atoms with Crippen LogP contribution in [0.5, 0.6) is 0 Å². The Morgan fingerprint density at radius 1 is 1.67 bits per heavy atom. The highest BCUT2D eigenvalue weighted by atomic mass is 32.1. The average molecular weight is 183 g/mol. The van der Waals surface area contributed by atoms with Crippen LogP contribution in [0, 0.1) is 0 Å². The van der Waals surface area contributed by atoms with Gasteiger partial charge in [-0.2, -0.15) is 0 Å². The Balaban J connectivity index is 2.38. The third-order valence-corrected chi connectivity index (χ3v) is 3.05. The van der Waals surface area contributed by atoms with Gasteiger partial charge in [0.05, 0.1) is 5.00 Å². The number of hydrogen-bond acceptors (Lipinski definition) is 3. The monoisotopic (exact) mass is 183 g/mol. The van der Waals surface area contributed by atoms with Crippen molar-refractivity contribution in [2.24, 2.45) is 0 Å². The maximum Gasteiger partial charge on any atom is 0.345 e. The zero-order chi connectivity index (χ0) is 8.55. The molecule has 0 aromatic carbocycles. The molecule has 4 heteroatoms. The molecule has 0 unspecified atom stereocenters. The van der Waals surface area contributed by atoms with Gasteiger partial charge in [0.1, 0.15) is 4.88 Å². The van der Waals surface area contributed by atoms with Crippen LogP contribution in [0.4, 0.5) is 5.00 Å². The number of thiophene rings is 1. The minimum atomic E-state index is -0.823. The molecule has 0 bridgehead atoms. The fraction of sp³-hybridized carbons (Fsp3) is 0.375. The second-order valence-electron chi connectivity index (χ2n) is 2.80. The van der Waals surface area contributed by atoms with Gasteiger partial charge in [-0.05, 0) is 24.5 Å². The summed E-state index contributed by atoms with van der Waals surface area (Å²) in [6.07, 6.45) is 2.11. The summed E-state index contributed by atoms with van der Waals surface area (Å²) in [5, 5.41) is 13.0. The third-order valence-electron chi connectivity index (χ3n) is 1.93. The number of anilines is 1. The van der Waals surface area contributed by atoms with E-state index in [2.05, 4.69) is 5.32 Å². The number of hydrogen-bond donors (Lipinski definition) is 2. The van der Waals surface area contributed by atoms with E-state index in [0.717, 1.165) is 30.0 Å². The smallest absolute Gasteiger partial charge is 0.345 e. The van der Waals surface area contributed by atoms with E-state index in [9.17, 15) is 4.79 Å². The maximum absolute atomic E-state index is 10.6. The van der Waals surface area contributed by atoms with Crippen LogP contribution in [0.1, 0.15) is 21.7 Å². The van der Waals surface area contributed by atoms with Crippen LogP contribution in [0.3, 0.4) is 0 Å². The van der Waals surface area contributed by atoms with Gasteiger partial charge < -0.3 is 10.4 Å². The molecule has 0 amide bonds. The number of carbonyl (C=O) groups is 1. The number of carboxylic acids is 1. The predicted octanol–water partition coefficient (Wildman–Crippen LogP) is 1.80. The van der Waals surface area contributed by atoms with E-state index < -0.39 is 5.97 Å². The molecule has 2 rings (SSSR count). The number of carboxylic acid groups (broad SMARTS) is 1. The summed E-state index contributed by atoms with van der Waals surface area (Å²) in [5.74, 6) is -0.823. The third kappa shape index (κ3) is 1.18. The lowest BCUT2D eigenvalue weighted by Crippen LogP contribution is -2.08. The molecule has 0 spiro atoms. The van der Waals surface area contributed by atoms with Gasteiger partial charge in [-0.25, -0.2) is 4.79 Å². The molecule has 0 saturated heterocycles. The second kappa shape index (κ2) is 2.79. The zero-order valence-electron chi connectivity index (χ0n) is 6.46. The van der Waals surface area contributed by atoms with Crippen molar-refractivity contribution < 1.29 is 9.90 Å². The average Bonchev–Trinajstić information content (AvgIpc) is 2.46. The summed E-state index contributed by atoms with van der Waals surface area (Å²) in [5.41, 5.74) is 1.16. The molecule has 1 aliphatic rings. The van der Waals surface area contributed by atoms with E-state index in [1.165, 1.54) is 11.3 Å². The fourth-order valence-electron chi connectivity index (χ4n) is 1.35. The Bertz CT molecular complexity index is 295. The predicted molar refractivity (Wildman–Crippen MR) is 48.1 cm³/mol. The summed E-state index contributed by atoms with van der Waals surface area (Å²) >= 11 is 1.33. The van der Waals surface area contributed by atoms with Crippen molar-refractivity contribution in [2.75, 3.05) is 11.9 Å². The van der Waals surface area contributed by atoms with Crippen LogP contribution >= 0.6 is 11.3 Å². The van der Waals surface area contributed by atoms with Gasteiger partial charge in [-0.1, -0.05) is 0 Å². The van der Waals surface area contributed by atoms with E-state index in [-0.39, 0.29) is 0 Å². The first kappa shape index (κ1) is 7.61. The molecule has 0 atom stereocenters. The van der Waals surface area contributed by atoms with Crippen LogP contribution < -0.4 is 5.32 Å². The lowest BCUT2D eigenvalue weighted by molar-refractivity contribution is 0.0702. The standard InChI is InChI=1S/C8H9NO2S/c10-8(11)6-4-5-2-1-3-9-7(5)12-6/h4,9H,1-3H2,(H,10,11). The number of rotatable bonds is 1. The van der Waals surface area contributed by atoms with Crippen molar-refractivity contribution in [1.82, 2.24) is 0 Å². The molecule has 1 aromatic rings. The minimum Gasteiger partial charge on any atom is -0.477 e. The highest BCUT2D eigenvalue weighted by molar-refractivity contribution is 7.18. The molecular formula is C8H9NO2S. The highest BCUT2D eigenvalue weighted by Crippen LogP contribution is 2.31. The number of aryl methyl sites for hydroxylation is 1. The van der Waals surface area contributed by atoms with Gasteiger partial charge in [-0.15, -0.1) is 11.3 Å². The molecule has 1 aromatic heterocycles. The van der Waals surface area contributed by atoms with E-state index >= 15 is 0 Å². The van der Waals surface area contributed by atoms with Crippen LogP contribution in [0.2, 0.25) is 0 Å². The molecule has 0 fully saturated rings. The van der Waals surface area contributed by atoms with Crippen LogP contribution in [0.25, 0.3) is 0 Å². The van der Waals surface area contributed by atoms with Crippen LogP contribution in [-0.2, 0) is 6.42 Å². The van der Waals surface area contributed by atoms with Gasteiger partial charge in [0.15, 0.2) is 0 Å². The van der Waals surface area contributed by atoms with Gasteiger partial charge in [0, 0.05) is 6.54 Å².